The highest BCUT2D eigenvalue weighted by atomic mass is 32.1. The van der Waals surface area contributed by atoms with Gasteiger partial charge in [0.25, 0.3) is 0 Å². The summed E-state index contributed by atoms with van der Waals surface area (Å²) in [5.74, 6) is -0.0438. The van der Waals surface area contributed by atoms with E-state index < -0.39 is 5.97 Å². The SMILES string of the molecule is COCCOc1ccc(-c2sc3c(c2C(=O)O)CC(C)(C)CC3)c(C)c1. The van der Waals surface area contributed by atoms with E-state index in [9.17, 15) is 9.90 Å². The van der Waals surface area contributed by atoms with Crippen molar-refractivity contribution in [3.8, 4) is 16.2 Å². The lowest BCUT2D eigenvalue weighted by atomic mass is 9.76. The summed E-state index contributed by atoms with van der Waals surface area (Å²) in [6.45, 7) is 7.48. The first-order valence-corrected chi connectivity index (χ1v) is 9.74. The van der Waals surface area contributed by atoms with E-state index in [-0.39, 0.29) is 5.41 Å². The minimum Gasteiger partial charge on any atom is -0.491 e. The van der Waals surface area contributed by atoms with Crippen LogP contribution < -0.4 is 4.74 Å². The number of ether oxygens (including phenoxy) is 2. The predicted octanol–water partition coefficient (Wildman–Crippen LogP) is 4.96. The zero-order valence-electron chi connectivity index (χ0n) is 15.8. The van der Waals surface area contributed by atoms with Crippen LogP contribution in [0.15, 0.2) is 18.2 Å². The lowest BCUT2D eigenvalue weighted by Gasteiger charge is -2.29. The zero-order chi connectivity index (χ0) is 18.9. The molecular formula is C21H26O4S. The third kappa shape index (κ3) is 3.79. The van der Waals surface area contributed by atoms with Crippen LogP contribution in [0.4, 0.5) is 0 Å². The molecule has 0 amide bonds. The molecule has 1 heterocycles. The van der Waals surface area contributed by atoms with E-state index in [1.54, 1.807) is 18.4 Å². The maximum absolute atomic E-state index is 12.1. The lowest BCUT2D eigenvalue weighted by Crippen LogP contribution is -2.22. The van der Waals surface area contributed by atoms with Crippen molar-refractivity contribution in [3.05, 3.63) is 39.8 Å². The lowest BCUT2D eigenvalue weighted by molar-refractivity contribution is 0.0696. The van der Waals surface area contributed by atoms with Crippen molar-refractivity contribution in [2.75, 3.05) is 20.3 Å². The predicted molar refractivity (Wildman–Crippen MR) is 105 cm³/mol. The van der Waals surface area contributed by atoms with Gasteiger partial charge in [0.05, 0.1) is 12.2 Å². The van der Waals surface area contributed by atoms with E-state index in [4.69, 9.17) is 9.47 Å². The molecule has 1 aromatic heterocycles. The molecule has 1 aliphatic rings. The van der Waals surface area contributed by atoms with E-state index in [1.165, 1.54) is 4.88 Å². The molecule has 0 spiro atoms. The summed E-state index contributed by atoms with van der Waals surface area (Å²) in [4.78, 5) is 14.2. The Labute approximate surface area is 158 Å². The number of fused-ring (bicyclic) bond motifs is 1. The van der Waals surface area contributed by atoms with Crippen molar-refractivity contribution in [1.29, 1.82) is 0 Å². The van der Waals surface area contributed by atoms with Crippen LogP contribution in [0.2, 0.25) is 0 Å². The second-order valence-electron chi connectivity index (χ2n) is 7.67. The number of methoxy groups -OCH3 is 1. The Morgan fingerprint density at radius 2 is 2.08 bits per heavy atom. The molecular weight excluding hydrogens is 348 g/mol. The van der Waals surface area contributed by atoms with Crippen LogP contribution in [0.1, 0.15) is 46.6 Å². The largest absolute Gasteiger partial charge is 0.491 e. The molecule has 0 unspecified atom stereocenters. The number of hydrogen-bond acceptors (Lipinski definition) is 4. The second-order valence-corrected chi connectivity index (χ2v) is 8.78. The monoisotopic (exact) mass is 374 g/mol. The third-order valence-corrected chi connectivity index (χ3v) is 6.31. The molecule has 140 valence electrons. The second kappa shape index (κ2) is 7.41. The highest BCUT2D eigenvalue weighted by Gasteiger charge is 2.33. The van der Waals surface area contributed by atoms with E-state index in [0.717, 1.165) is 46.6 Å². The van der Waals surface area contributed by atoms with Gasteiger partial charge in [0.2, 0.25) is 0 Å². The molecule has 0 saturated heterocycles. The van der Waals surface area contributed by atoms with Gasteiger partial charge in [-0.2, -0.15) is 0 Å². The maximum Gasteiger partial charge on any atom is 0.337 e. The normalized spacial score (nSPS) is 15.5. The first-order valence-electron chi connectivity index (χ1n) is 8.93. The van der Waals surface area contributed by atoms with Crippen LogP contribution in [0.25, 0.3) is 10.4 Å². The summed E-state index contributed by atoms with van der Waals surface area (Å²) in [6, 6.07) is 5.86. The summed E-state index contributed by atoms with van der Waals surface area (Å²) in [6.07, 6.45) is 2.90. The summed E-state index contributed by atoms with van der Waals surface area (Å²) < 4.78 is 10.7. The molecule has 0 fully saturated rings. The molecule has 2 aromatic rings. The van der Waals surface area contributed by atoms with Crippen molar-refractivity contribution < 1.29 is 19.4 Å². The zero-order valence-corrected chi connectivity index (χ0v) is 16.7. The summed E-state index contributed by atoms with van der Waals surface area (Å²) in [7, 11) is 1.64. The first kappa shape index (κ1) is 18.9. The molecule has 26 heavy (non-hydrogen) atoms. The molecule has 1 aliphatic carbocycles. The van der Waals surface area contributed by atoms with Crippen molar-refractivity contribution in [2.24, 2.45) is 5.41 Å². The molecule has 0 aliphatic heterocycles. The number of benzene rings is 1. The Morgan fingerprint density at radius 3 is 2.73 bits per heavy atom. The number of aromatic carboxylic acids is 1. The van der Waals surface area contributed by atoms with Gasteiger partial charge < -0.3 is 14.6 Å². The number of carbonyl (C=O) groups is 1. The van der Waals surface area contributed by atoms with Gasteiger partial charge in [0.1, 0.15) is 12.4 Å². The Hall–Kier alpha value is -1.85. The standard InChI is InChI=1S/C21H26O4S/c1-13-11-14(25-10-9-24-4)5-6-15(13)19-18(20(22)23)16-12-21(2,3)8-7-17(16)26-19/h5-6,11H,7-10,12H2,1-4H3,(H,22,23). The Bertz CT molecular complexity index is 820. The average Bonchev–Trinajstić information content (AvgIpc) is 2.92. The Balaban J connectivity index is 1.99. The Morgan fingerprint density at radius 1 is 1.31 bits per heavy atom. The van der Waals surface area contributed by atoms with Crippen LogP contribution in [0.5, 0.6) is 5.75 Å². The fourth-order valence-electron chi connectivity index (χ4n) is 3.56. The van der Waals surface area contributed by atoms with E-state index >= 15 is 0 Å². The highest BCUT2D eigenvalue weighted by molar-refractivity contribution is 7.16. The van der Waals surface area contributed by atoms with E-state index in [2.05, 4.69) is 13.8 Å². The number of aryl methyl sites for hydroxylation is 2. The first-order chi connectivity index (χ1) is 12.3. The molecule has 0 atom stereocenters. The van der Waals surface area contributed by atoms with Crippen molar-refractivity contribution >= 4 is 17.3 Å². The van der Waals surface area contributed by atoms with Gasteiger partial charge in [-0.15, -0.1) is 11.3 Å². The molecule has 1 N–H and O–H groups in total. The van der Waals surface area contributed by atoms with Crippen molar-refractivity contribution in [3.63, 3.8) is 0 Å². The van der Waals surface area contributed by atoms with Gasteiger partial charge in [-0.3, -0.25) is 0 Å². The van der Waals surface area contributed by atoms with Gasteiger partial charge in [-0.1, -0.05) is 13.8 Å². The van der Waals surface area contributed by atoms with Crippen LogP contribution in [0, 0.1) is 12.3 Å². The maximum atomic E-state index is 12.1. The fraction of sp³-hybridized carbons (Fsp3) is 0.476. The minimum atomic E-state index is -0.824. The molecule has 3 rings (SSSR count). The highest BCUT2D eigenvalue weighted by Crippen LogP contribution is 2.45. The quantitative estimate of drug-likeness (QED) is 0.726. The minimum absolute atomic E-state index is 0.156. The van der Waals surface area contributed by atoms with Crippen LogP contribution in [0.3, 0.4) is 0 Å². The fourth-order valence-corrected chi connectivity index (χ4v) is 4.96. The molecule has 1 aromatic carbocycles. The third-order valence-electron chi connectivity index (χ3n) is 4.99. The molecule has 4 nitrogen and oxygen atoms in total. The summed E-state index contributed by atoms with van der Waals surface area (Å²) >= 11 is 1.64. The smallest absolute Gasteiger partial charge is 0.337 e. The summed E-state index contributed by atoms with van der Waals surface area (Å²) in [5, 5.41) is 9.90. The Kier molecular flexibility index (Phi) is 5.39. The van der Waals surface area contributed by atoms with Crippen molar-refractivity contribution in [1.82, 2.24) is 0 Å². The van der Waals surface area contributed by atoms with Gasteiger partial charge in [-0.25, -0.2) is 4.79 Å². The number of carboxylic acid groups (broad SMARTS) is 1. The number of carboxylic acids is 1. The van der Waals surface area contributed by atoms with E-state index in [0.29, 0.717) is 18.8 Å². The molecule has 0 saturated carbocycles. The van der Waals surface area contributed by atoms with Gasteiger partial charge in [0, 0.05) is 16.9 Å². The van der Waals surface area contributed by atoms with Crippen LogP contribution in [-0.4, -0.2) is 31.4 Å². The van der Waals surface area contributed by atoms with Crippen LogP contribution in [-0.2, 0) is 17.6 Å². The van der Waals surface area contributed by atoms with Crippen molar-refractivity contribution in [2.45, 2.75) is 40.0 Å². The molecule has 0 bridgehead atoms. The molecule has 0 radical (unpaired) electrons. The average molecular weight is 375 g/mol. The van der Waals surface area contributed by atoms with Crippen LogP contribution >= 0.6 is 11.3 Å². The topological polar surface area (TPSA) is 55.8 Å². The molecule has 5 heteroatoms. The van der Waals surface area contributed by atoms with Gasteiger partial charge >= 0.3 is 5.97 Å². The number of thiophene rings is 1. The van der Waals surface area contributed by atoms with Gasteiger partial charge in [-0.05, 0) is 66.5 Å². The summed E-state index contributed by atoms with van der Waals surface area (Å²) in [5.41, 5.74) is 3.70. The number of rotatable bonds is 6. The number of hydrogen-bond donors (Lipinski definition) is 1. The van der Waals surface area contributed by atoms with Gasteiger partial charge in [0.15, 0.2) is 0 Å². The van der Waals surface area contributed by atoms with E-state index in [1.807, 2.05) is 25.1 Å².